The number of aryl methyl sites for hydroxylation is 1. The highest BCUT2D eigenvalue weighted by Crippen LogP contribution is 2.36. The number of benzene rings is 2. The zero-order chi connectivity index (χ0) is 23.3. The molecule has 0 aliphatic heterocycles. The van der Waals surface area contributed by atoms with Crippen LogP contribution in [0.2, 0.25) is 10.0 Å². The molecule has 32 heavy (non-hydrogen) atoms. The van der Waals surface area contributed by atoms with Gasteiger partial charge in [0.1, 0.15) is 5.75 Å². The van der Waals surface area contributed by atoms with Gasteiger partial charge in [0, 0.05) is 22.5 Å². The van der Waals surface area contributed by atoms with E-state index in [0.29, 0.717) is 34.9 Å². The summed E-state index contributed by atoms with van der Waals surface area (Å²) in [5.41, 5.74) is 1.41. The summed E-state index contributed by atoms with van der Waals surface area (Å²) in [4.78, 5) is 12.7. The van der Waals surface area contributed by atoms with E-state index in [2.05, 4.69) is 10.1 Å². The van der Waals surface area contributed by atoms with Gasteiger partial charge in [-0.1, -0.05) is 41.8 Å². The molecule has 4 nitrogen and oxygen atoms in total. The minimum atomic E-state index is -4.75. The van der Waals surface area contributed by atoms with Gasteiger partial charge < -0.3 is 15.2 Å². The number of carbonyl (C=O) groups is 1. The summed E-state index contributed by atoms with van der Waals surface area (Å²) in [6, 6.07) is 10.8. The van der Waals surface area contributed by atoms with E-state index >= 15 is 0 Å². The molecule has 2 aromatic carbocycles. The van der Waals surface area contributed by atoms with Crippen molar-refractivity contribution < 1.29 is 27.8 Å². The maximum Gasteiger partial charge on any atom is 0.573 e. The van der Waals surface area contributed by atoms with Crippen molar-refractivity contribution in [2.75, 3.05) is 0 Å². The zero-order valence-corrected chi connectivity index (χ0v) is 18.7. The van der Waals surface area contributed by atoms with Crippen LogP contribution in [0.3, 0.4) is 0 Å². The van der Waals surface area contributed by atoms with Crippen molar-refractivity contribution in [3.05, 3.63) is 63.6 Å². The molecule has 1 aliphatic rings. The normalized spacial score (nSPS) is 19.6. The predicted octanol–water partition coefficient (Wildman–Crippen LogP) is 5.92. The van der Waals surface area contributed by atoms with Crippen molar-refractivity contribution in [3.8, 4) is 5.75 Å². The van der Waals surface area contributed by atoms with E-state index < -0.39 is 12.5 Å². The van der Waals surface area contributed by atoms with Crippen molar-refractivity contribution in [3.63, 3.8) is 0 Å². The maximum atomic E-state index is 12.7. The summed E-state index contributed by atoms with van der Waals surface area (Å²) in [6.07, 6.45) is -2.54. The Morgan fingerprint density at radius 3 is 2.53 bits per heavy atom. The third-order valence-corrected chi connectivity index (χ3v) is 6.09. The van der Waals surface area contributed by atoms with Crippen LogP contribution in [-0.2, 0) is 17.8 Å². The molecule has 1 amide bonds. The van der Waals surface area contributed by atoms with E-state index in [4.69, 9.17) is 23.2 Å². The minimum Gasteiger partial charge on any atom is -0.406 e. The molecule has 2 N–H and O–H groups in total. The van der Waals surface area contributed by atoms with Crippen LogP contribution in [-0.4, -0.2) is 23.5 Å². The van der Waals surface area contributed by atoms with E-state index in [9.17, 15) is 23.1 Å². The fourth-order valence-corrected chi connectivity index (χ4v) is 4.81. The van der Waals surface area contributed by atoms with Gasteiger partial charge in [-0.3, -0.25) is 4.79 Å². The molecule has 0 bridgehead atoms. The van der Waals surface area contributed by atoms with Gasteiger partial charge in [0.25, 0.3) is 0 Å². The van der Waals surface area contributed by atoms with Crippen LogP contribution in [0.5, 0.6) is 5.75 Å². The summed E-state index contributed by atoms with van der Waals surface area (Å²) in [5, 5.41) is 14.6. The largest absolute Gasteiger partial charge is 0.573 e. The fraction of sp³-hybridized carbons (Fsp3) is 0.435. The molecular weight excluding hydrogens is 466 g/mol. The first-order valence-electron chi connectivity index (χ1n) is 10.4. The Labute approximate surface area is 194 Å². The molecule has 0 saturated heterocycles. The van der Waals surface area contributed by atoms with E-state index in [-0.39, 0.29) is 30.0 Å². The average molecular weight is 490 g/mol. The monoisotopic (exact) mass is 489 g/mol. The van der Waals surface area contributed by atoms with Gasteiger partial charge in [0.05, 0.1) is 6.10 Å². The van der Waals surface area contributed by atoms with Gasteiger partial charge in [-0.15, -0.1) is 13.2 Å². The van der Waals surface area contributed by atoms with Crippen LogP contribution in [0.15, 0.2) is 42.5 Å². The number of hydrogen-bond acceptors (Lipinski definition) is 3. The van der Waals surface area contributed by atoms with Crippen molar-refractivity contribution in [1.29, 1.82) is 0 Å². The number of alkyl halides is 3. The Bertz CT molecular complexity index is 919. The summed E-state index contributed by atoms with van der Waals surface area (Å²) >= 11 is 12.0. The van der Waals surface area contributed by atoms with E-state index in [1.165, 1.54) is 18.2 Å². The second kappa shape index (κ2) is 10.8. The number of aliphatic hydroxyl groups is 1. The van der Waals surface area contributed by atoms with Crippen LogP contribution in [0.4, 0.5) is 13.2 Å². The highest BCUT2D eigenvalue weighted by molar-refractivity contribution is 6.34. The summed E-state index contributed by atoms with van der Waals surface area (Å²) in [6.45, 7) is 0.282. The summed E-state index contributed by atoms with van der Waals surface area (Å²) < 4.78 is 41.2. The standard InChI is InChI=1S/C23H24Cl2F3NO3/c24-16-9-15(10-17(25)12-16)13-29-22(31)20-6-2-5-19(20)21(30)8-7-14-3-1-4-18(11-14)32-23(26,27)28/h1,3-4,9-12,19-21,30H,2,5-8,13H2,(H,29,31)/t19-,20-,21?/m1/s1. The molecule has 174 valence electrons. The number of carbonyl (C=O) groups excluding carboxylic acids is 1. The second-order valence-corrected chi connectivity index (χ2v) is 8.87. The van der Waals surface area contributed by atoms with Gasteiger partial charge in [0.2, 0.25) is 5.91 Å². The third-order valence-electron chi connectivity index (χ3n) is 5.65. The maximum absolute atomic E-state index is 12.7. The molecular formula is C23H24Cl2F3NO3. The molecule has 1 aliphatic carbocycles. The fourth-order valence-electron chi connectivity index (χ4n) is 4.23. The lowest BCUT2D eigenvalue weighted by molar-refractivity contribution is -0.274. The topological polar surface area (TPSA) is 58.6 Å². The number of aliphatic hydroxyl groups excluding tert-OH is 1. The van der Waals surface area contributed by atoms with Crippen LogP contribution in [0.1, 0.15) is 36.8 Å². The zero-order valence-electron chi connectivity index (χ0n) is 17.2. The summed E-state index contributed by atoms with van der Waals surface area (Å²) in [7, 11) is 0. The molecule has 1 fully saturated rings. The molecule has 0 spiro atoms. The van der Waals surface area contributed by atoms with Gasteiger partial charge in [-0.05, 0) is 73.1 Å². The number of rotatable bonds is 8. The van der Waals surface area contributed by atoms with Crippen molar-refractivity contribution in [1.82, 2.24) is 5.32 Å². The molecule has 1 saturated carbocycles. The molecule has 2 aromatic rings. The first-order valence-corrected chi connectivity index (χ1v) is 11.1. The lowest BCUT2D eigenvalue weighted by Crippen LogP contribution is -2.36. The molecule has 1 unspecified atom stereocenters. The van der Waals surface area contributed by atoms with Gasteiger partial charge in [-0.2, -0.15) is 0 Å². The molecule has 3 atom stereocenters. The van der Waals surface area contributed by atoms with Crippen LogP contribution in [0, 0.1) is 11.8 Å². The lowest BCUT2D eigenvalue weighted by atomic mass is 9.87. The summed E-state index contributed by atoms with van der Waals surface area (Å²) in [5.74, 6) is -0.945. The van der Waals surface area contributed by atoms with E-state index in [0.717, 1.165) is 18.4 Å². The van der Waals surface area contributed by atoms with Crippen molar-refractivity contribution in [2.24, 2.45) is 11.8 Å². The van der Waals surface area contributed by atoms with Crippen molar-refractivity contribution >= 4 is 29.1 Å². The predicted molar refractivity (Wildman–Crippen MR) is 117 cm³/mol. The molecule has 9 heteroatoms. The first kappa shape index (κ1) is 24.7. The van der Waals surface area contributed by atoms with Gasteiger partial charge in [-0.25, -0.2) is 0 Å². The first-order chi connectivity index (χ1) is 15.1. The van der Waals surface area contributed by atoms with Crippen molar-refractivity contribution in [2.45, 2.75) is 51.1 Å². The van der Waals surface area contributed by atoms with E-state index in [1.807, 2.05) is 0 Å². The number of ether oxygens (including phenoxy) is 1. The van der Waals surface area contributed by atoms with Gasteiger partial charge in [0.15, 0.2) is 0 Å². The molecule has 3 rings (SSSR count). The number of nitrogens with one attached hydrogen (secondary N) is 1. The van der Waals surface area contributed by atoms with Crippen LogP contribution < -0.4 is 10.1 Å². The van der Waals surface area contributed by atoms with Crippen LogP contribution >= 0.6 is 23.2 Å². The smallest absolute Gasteiger partial charge is 0.406 e. The van der Waals surface area contributed by atoms with Gasteiger partial charge >= 0.3 is 6.36 Å². The number of halogens is 5. The Morgan fingerprint density at radius 1 is 1.12 bits per heavy atom. The third kappa shape index (κ3) is 7.29. The highest BCUT2D eigenvalue weighted by Gasteiger charge is 2.37. The SMILES string of the molecule is O=C(NCc1cc(Cl)cc(Cl)c1)[C@@H]1CCC[C@H]1C(O)CCc1cccc(OC(F)(F)F)c1. The number of hydrogen-bond donors (Lipinski definition) is 2. The highest BCUT2D eigenvalue weighted by atomic mass is 35.5. The molecule has 0 heterocycles. The average Bonchev–Trinajstić information content (AvgIpc) is 3.19. The lowest BCUT2D eigenvalue weighted by Gasteiger charge is -2.24. The van der Waals surface area contributed by atoms with E-state index in [1.54, 1.807) is 24.3 Å². The Balaban J connectivity index is 1.54. The Morgan fingerprint density at radius 2 is 1.84 bits per heavy atom. The molecule has 0 aromatic heterocycles. The number of amides is 1. The Kier molecular flexibility index (Phi) is 8.31. The van der Waals surface area contributed by atoms with Crippen LogP contribution in [0.25, 0.3) is 0 Å². The quantitative estimate of drug-likeness (QED) is 0.483. The Hall–Kier alpha value is -1.96. The minimum absolute atomic E-state index is 0.136. The molecule has 0 radical (unpaired) electrons. The second-order valence-electron chi connectivity index (χ2n) is 8.00.